The predicted molar refractivity (Wildman–Crippen MR) is 115 cm³/mol. The van der Waals surface area contributed by atoms with Gasteiger partial charge in [-0.2, -0.15) is 0 Å². The van der Waals surface area contributed by atoms with Crippen LogP contribution in [-0.4, -0.2) is 22.9 Å². The summed E-state index contributed by atoms with van der Waals surface area (Å²) in [6.07, 6.45) is 2.78. The van der Waals surface area contributed by atoms with Gasteiger partial charge in [-0.1, -0.05) is 23.7 Å². The van der Waals surface area contributed by atoms with Gasteiger partial charge in [0.15, 0.2) is 5.76 Å². The van der Waals surface area contributed by atoms with Crippen LogP contribution in [0.5, 0.6) is 0 Å². The van der Waals surface area contributed by atoms with E-state index in [4.69, 9.17) is 16.0 Å². The number of benzene rings is 2. The van der Waals surface area contributed by atoms with Crippen LogP contribution in [0.25, 0.3) is 0 Å². The molecule has 2 aromatic carbocycles. The quantitative estimate of drug-likeness (QED) is 0.511. The maximum atomic E-state index is 12.4. The molecule has 0 aliphatic carbocycles. The van der Waals surface area contributed by atoms with Gasteiger partial charge in [0.25, 0.3) is 5.91 Å². The number of thioether (sulfide) groups is 1. The first-order chi connectivity index (χ1) is 13.5. The highest BCUT2D eigenvalue weighted by Crippen LogP contribution is 2.18. The molecule has 0 fully saturated rings. The highest BCUT2D eigenvalue weighted by molar-refractivity contribution is 7.98. The molecule has 0 radical (unpaired) electrons. The van der Waals surface area contributed by atoms with Gasteiger partial charge in [-0.15, -0.1) is 11.8 Å². The molecular weight excluding hydrogens is 414 g/mol. The Labute approximate surface area is 176 Å². The minimum absolute atomic E-state index is 0.205. The second-order valence-electron chi connectivity index (χ2n) is 6.06. The second kappa shape index (κ2) is 9.96. The van der Waals surface area contributed by atoms with Gasteiger partial charge in [0.1, 0.15) is 5.76 Å². The molecule has 3 aromatic rings. The van der Waals surface area contributed by atoms with E-state index in [0.29, 0.717) is 22.2 Å². The van der Waals surface area contributed by atoms with E-state index in [0.717, 1.165) is 12.0 Å². The van der Waals surface area contributed by atoms with E-state index in [9.17, 15) is 9.00 Å². The smallest absolute Gasteiger partial charge is 0.287 e. The van der Waals surface area contributed by atoms with Crippen molar-refractivity contribution in [3.63, 3.8) is 0 Å². The maximum Gasteiger partial charge on any atom is 0.287 e. The predicted octanol–water partition coefficient (Wildman–Crippen LogP) is 4.94. The maximum absolute atomic E-state index is 12.4. The molecule has 0 saturated carbocycles. The van der Waals surface area contributed by atoms with Gasteiger partial charge < -0.3 is 9.73 Å². The average Bonchev–Trinajstić information content (AvgIpc) is 3.17. The van der Waals surface area contributed by atoms with Gasteiger partial charge in [-0.3, -0.25) is 9.00 Å². The number of hydrogen-bond acceptors (Lipinski definition) is 4. The molecule has 0 aliphatic rings. The molecule has 1 N–H and O–H groups in total. The van der Waals surface area contributed by atoms with Crippen molar-refractivity contribution in [3.8, 4) is 0 Å². The highest BCUT2D eigenvalue weighted by atomic mass is 35.5. The van der Waals surface area contributed by atoms with Gasteiger partial charge in [0.2, 0.25) is 0 Å². The lowest BCUT2D eigenvalue weighted by molar-refractivity contribution is 0.0925. The zero-order chi connectivity index (χ0) is 19.9. The summed E-state index contributed by atoms with van der Waals surface area (Å²) < 4.78 is 17.9. The van der Waals surface area contributed by atoms with Gasteiger partial charge in [-0.25, -0.2) is 0 Å². The lowest BCUT2D eigenvalue weighted by Crippen LogP contribution is -2.25. The Morgan fingerprint density at radius 3 is 2.46 bits per heavy atom. The third-order valence-electron chi connectivity index (χ3n) is 4.09. The van der Waals surface area contributed by atoms with E-state index in [-0.39, 0.29) is 17.4 Å². The lowest BCUT2D eigenvalue weighted by Gasteiger charge is -2.05. The van der Waals surface area contributed by atoms with Crippen molar-refractivity contribution in [2.45, 2.75) is 22.0 Å². The molecule has 1 aromatic heterocycles. The summed E-state index contributed by atoms with van der Waals surface area (Å²) in [6, 6.07) is 18.4. The summed E-state index contributed by atoms with van der Waals surface area (Å²) in [5.41, 5.74) is 1.16. The van der Waals surface area contributed by atoms with Crippen molar-refractivity contribution in [2.75, 3.05) is 12.8 Å². The Morgan fingerprint density at radius 1 is 1.07 bits per heavy atom. The molecule has 3 rings (SSSR count). The lowest BCUT2D eigenvalue weighted by atomic mass is 10.1. The molecule has 0 bridgehead atoms. The SMILES string of the molecule is CSc1ccc(CCNC(=O)c2ccc(C[S@](=O)c3ccc(Cl)cc3)o2)cc1. The molecule has 0 aliphatic heterocycles. The van der Waals surface area contributed by atoms with Crippen molar-refractivity contribution in [1.82, 2.24) is 5.32 Å². The van der Waals surface area contributed by atoms with Crippen LogP contribution in [-0.2, 0) is 23.0 Å². The highest BCUT2D eigenvalue weighted by Gasteiger charge is 2.13. The van der Waals surface area contributed by atoms with Crippen LogP contribution in [0.1, 0.15) is 21.9 Å². The van der Waals surface area contributed by atoms with Crippen molar-refractivity contribution in [1.29, 1.82) is 0 Å². The second-order valence-corrected chi connectivity index (χ2v) is 8.83. The number of carbonyl (C=O) groups is 1. The fourth-order valence-electron chi connectivity index (χ4n) is 2.58. The standard InChI is InChI=1S/C21H20ClNO3S2/c1-27-18-7-2-15(3-8-18)12-13-23-21(24)20-11-6-17(26-20)14-28(25)19-9-4-16(22)5-10-19/h2-11H,12-14H2,1H3,(H,23,24)/t28-/m0/s1. The first kappa shape index (κ1) is 20.7. The Morgan fingerprint density at radius 2 is 1.79 bits per heavy atom. The number of rotatable bonds is 8. The van der Waals surface area contributed by atoms with Crippen LogP contribution in [0.3, 0.4) is 0 Å². The number of hydrogen-bond donors (Lipinski definition) is 1. The zero-order valence-corrected chi connectivity index (χ0v) is 17.7. The fourth-order valence-corrected chi connectivity index (χ4v) is 4.13. The summed E-state index contributed by atoms with van der Waals surface area (Å²) in [7, 11) is -1.26. The van der Waals surface area contributed by atoms with E-state index >= 15 is 0 Å². The van der Waals surface area contributed by atoms with Crippen molar-refractivity contribution in [3.05, 3.63) is 82.8 Å². The minimum Gasteiger partial charge on any atom is -0.455 e. The molecule has 0 saturated heterocycles. The third-order valence-corrected chi connectivity index (χ3v) is 6.43. The normalized spacial score (nSPS) is 11.9. The van der Waals surface area contributed by atoms with Crippen LogP contribution >= 0.6 is 23.4 Å². The number of nitrogens with one attached hydrogen (secondary N) is 1. The van der Waals surface area contributed by atoms with Crippen LogP contribution in [0.2, 0.25) is 5.02 Å². The van der Waals surface area contributed by atoms with Crippen LogP contribution in [0, 0.1) is 0 Å². The number of halogens is 1. The van der Waals surface area contributed by atoms with Crippen LogP contribution in [0.4, 0.5) is 0 Å². The molecular formula is C21H20ClNO3S2. The van der Waals surface area contributed by atoms with Crippen molar-refractivity contribution in [2.24, 2.45) is 0 Å². The monoisotopic (exact) mass is 433 g/mol. The molecule has 7 heteroatoms. The van der Waals surface area contributed by atoms with E-state index < -0.39 is 10.8 Å². The van der Waals surface area contributed by atoms with Gasteiger partial charge in [-0.05, 0) is 66.8 Å². The van der Waals surface area contributed by atoms with Crippen LogP contribution < -0.4 is 5.32 Å². The molecule has 1 heterocycles. The van der Waals surface area contributed by atoms with E-state index in [1.807, 2.05) is 6.26 Å². The number of furan rings is 1. The molecule has 1 amide bonds. The van der Waals surface area contributed by atoms with E-state index in [1.54, 1.807) is 48.2 Å². The first-order valence-corrected chi connectivity index (χ1v) is 11.6. The summed E-state index contributed by atoms with van der Waals surface area (Å²) in [5.74, 6) is 0.660. The molecule has 146 valence electrons. The molecule has 0 spiro atoms. The third kappa shape index (κ3) is 5.74. The van der Waals surface area contributed by atoms with Crippen LogP contribution in [0.15, 0.2) is 74.9 Å². The molecule has 1 atom stereocenters. The number of carbonyl (C=O) groups excluding carboxylic acids is 1. The van der Waals surface area contributed by atoms with E-state index in [1.165, 1.54) is 4.90 Å². The van der Waals surface area contributed by atoms with Crippen molar-refractivity contribution < 1.29 is 13.4 Å². The first-order valence-electron chi connectivity index (χ1n) is 8.69. The summed E-state index contributed by atoms with van der Waals surface area (Å²) >= 11 is 7.55. The summed E-state index contributed by atoms with van der Waals surface area (Å²) in [6.45, 7) is 0.518. The van der Waals surface area contributed by atoms with Crippen molar-refractivity contribution >= 4 is 40.1 Å². The summed E-state index contributed by atoms with van der Waals surface area (Å²) in [5, 5.41) is 3.45. The van der Waals surface area contributed by atoms with Gasteiger partial charge >= 0.3 is 0 Å². The molecule has 0 unspecified atom stereocenters. The molecule has 28 heavy (non-hydrogen) atoms. The Hall–Kier alpha value is -2.02. The fraction of sp³-hybridized carbons (Fsp3) is 0.190. The largest absolute Gasteiger partial charge is 0.455 e. The van der Waals surface area contributed by atoms with Gasteiger partial charge in [0.05, 0.1) is 16.6 Å². The number of amides is 1. The van der Waals surface area contributed by atoms with E-state index in [2.05, 4.69) is 29.6 Å². The Kier molecular flexibility index (Phi) is 7.36. The average molecular weight is 434 g/mol. The zero-order valence-electron chi connectivity index (χ0n) is 15.3. The topological polar surface area (TPSA) is 59.3 Å². The Balaban J connectivity index is 1.50. The molecule has 4 nitrogen and oxygen atoms in total. The Bertz CT molecular complexity index is 953. The van der Waals surface area contributed by atoms with Gasteiger partial charge in [0, 0.05) is 21.4 Å². The summed E-state index contributed by atoms with van der Waals surface area (Å²) in [4.78, 5) is 14.1. The minimum atomic E-state index is -1.26.